The lowest BCUT2D eigenvalue weighted by atomic mass is 10.1. The van der Waals surface area contributed by atoms with E-state index in [0.29, 0.717) is 16.8 Å². The average molecular weight is 321 g/mol. The molecule has 2 heterocycles. The van der Waals surface area contributed by atoms with E-state index >= 15 is 0 Å². The minimum atomic E-state index is -1.56. The molecule has 1 aromatic carbocycles. The molecule has 120 valence electrons. The van der Waals surface area contributed by atoms with Crippen LogP contribution in [0.5, 0.6) is 0 Å². The quantitative estimate of drug-likeness (QED) is 0.798. The van der Waals surface area contributed by atoms with Crippen LogP contribution in [0.15, 0.2) is 27.5 Å². The van der Waals surface area contributed by atoms with Crippen LogP contribution in [0, 0.1) is 25.5 Å². The minimum Gasteiger partial charge on any atom is -0.386 e. The fourth-order valence-electron chi connectivity index (χ4n) is 2.55. The zero-order valence-electron chi connectivity index (χ0n) is 12.4. The van der Waals surface area contributed by atoms with E-state index < -0.39 is 35.4 Å². The summed E-state index contributed by atoms with van der Waals surface area (Å²) in [7, 11) is 0. The SMILES string of the molecule is Cc1nn(CC(O)c2c(F)cccc2F)c(=O)c2noc(C)c12. The second-order valence-corrected chi connectivity index (χ2v) is 5.19. The fourth-order valence-corrected chi connectivity index (χ4v) is 2.55. The van der Waals surface area contributed by atoms with Crippen molar-refractivity contribution in [1.29, 1.82) is 0 Å². The van der Waals surface area contributed by atoms with E-state index in [1.165, 1.54) is 6.07 Å². The fraction of sp³-hybridized carbons (Fsp3) is 0.267. The van der Waals surface area contributed by atoms with Crippen LogP contribution in [0.1, 0.15) is 23.1 Å². The molecule has 0 aliphatic rings. The van der Waals surface area contributed by atoms with Gasteiger partial charge in [0.2, 0.25) is 0 Å². The highest BCUT2D eigenvalue weighted by Gasteiger charge is 2.21. The first-order chi connectivity index (χ1) is 10.9. The van der Waals surface area contributed by atoms with Crippen molar-refractivity contribution in [1.82, 2.24) is 14.9 Å². The van der Waals surface area contributed by atoms with Crippen LogP contribution < -0.4 is 5.56 Å². The molecule has 0 spiro atoms. The maximum Gasteiger partial charge on any atom is 0.296 e. The second kappa shape index (κ2) is 5.54. The van der Waals surface area contributed by atoms with Crippen molar-refractivity contribution in [3.8, 4) is 0 Å². The molecule has 3 aromatic rings. The Hall–Kier alpha value is -2.61. The summed E-state index contributed by atoms with van der Waals surface area (Å²) in [6.07, 6.45) is -1.56. The number of fused-ring (bicyclic) bond motifs is 1. The van der Waals surface area contributed by atoms with Gasteiger partial charge in [-0.25, -0.2) is 13.5 Å². The first-order valence-electron chi connectivity index (χ1n) is 6.85. The van der Waals surface area contributed by atoms with Gasteiger partial charge in [-0.2, -0.15) is 5.10 Å². The number of hydrogen-bond acceptors (Lipinski definition) is 5. The van der Waals surface area contributed by atoms with E-state index in [4.69, 9.17) is 4.52 Å². The van der Waals surface area contributed by atoms with E-state index in [0.717, 1.165) is 16.8 Å². The molecule has 3 rings (SSSR count). The molecule has 2 aromatic heterocycles. The lowest BCUT2D eigenvalue weighted by Crippen LogP contribution is -2.27. The van der Waals surface area contributed by atoms with Crippen LogP contribution >= 0.6 is 0 Å². The van der Waals surface area contributed by atoms with Crippen molar-refractivity contribution in [2.24, 2.45) is 0 Å². The molecule has 0 fully saturated rings. The van der Waals surface area contributed by atoms with Crippen molar-refractivity contribution < 1.29 is 18.4 Å². The molecular formula is C15H13F2N3O3. The number of aromatic nitrogens is 3. The highest BCUT2D eigenvalue weighted by molar-refractivity contribution is 5.81. The second-order valence-electron chi connectivity index (χ2n) is 5.19. The van der Waals surface area contributed by atoms with Crippen LogP contribution in [0.2, 0.25) is 0 Å². The maximum atomic E-state index is 13.7. The molecule has 23 heavy (non-hydrogen) atoms. The molecule has 1 N–H and O–H groups in total. The molecular weight excluding hydrogens is 308 g/mol. The van der Waals surface area contributed by atoms with Gasteiger partial charge in [0.05, 0.1) is 23.2 Å². The Kier molecular flexibility index (Phi) is 3.69. The number of rotatable bonds is 3. The Labute approximate surface area is 128 Å². The first-order valence-corrected chi connectivity index (χ1v) is 6.85. The van der Waals surface area contributed by atoms with Crippen molar-refractivity contribution >= 4 is 10.9 Å². The van der Waals surface area contributed by atoms with Gasteiger partial charge in [0.15, 0.2) is 5.52 Å². The van der Waals surface area contributed by atoms with E-state index in [-0.39, 0.29) is 5.52 Å². The Balaban J connectivity index is 2.05. The number of nitrogens with zero attached hydrogens (tertiary/aromatic N) is 3. The third kappa shape index (κ3) is 2.50. The largest absolute Gasteiger partial charge is 0.386 e. The molecule has 1 atom stereocenters. The number of aliphatic hydroxyl groups excluding tert-OH is 1. The number of benzene rings is 1. The first kappa shape index (κ1) is 15.3. The summed E-state index contributed by atoms with van der Waals surface area (Å²) >= 11 is 0. The molecule has 0 aliphatic heterocycles. The third-order valence-corrected chi connectivity index (χ3v) is 3.61. The molecule has 0 amide bonds. The molecule has 0 bridgehead atoms. The number of aliphatic hydroxyl groups is 1. The molecule has 0 aliphatic carbocycles. The highest BCUT2D eigenvalue weighted by atomic mass is 19.1. The van der Waals surface area contributed by atoms with Gasteiger partial charge in [0.1, 0.15) is 23.5 Å². The molecule has 0 saturated carbocycles. The molecule has 0 saturated heterocycles. The standard InChI is InChI=1S/C15H13F2N3O3/c1-7-12-8(2)23-19-14(12)15(22)20(18-7)6-11(21)13-9(16)4-3-5-10(13)17/h3-5,11,21H,6H2,1-2H3. The lowest BCUT2D eigenvalue weighted by Gasteiger charge is -2.14. The van der Waals surface area contributed by atoms with E-state index in [1.54, 1.807) is 13.8 Å². The number of aryl methyl sites for hydroxylation is 2. The Morgan fingerprint density at radius 2 is 1.96 bits per heavy atom. The maximum absolute atomic E-state index is 13.7. The van der Waals surface area contributed by atoms with E-state index in [9.17, 15) is 18.7 Å². The summed E-state index contributed by atoms with van der Waals surface area (Å²) in [6, 6.07) is 3.26. The van der Waals surface area contributed by atoms with Crippen molar-refractivity contribution in [3.63, 3.8) is 0 Å². The smallest absolute Gasteiger partial charge is 0.296 e. The third-order valence-electron chi connectivity index (χ3n) is 3.61. The van der Waals surface area contributed by atoms with Gasteiger partial charge in [0.25, 0.3) is 5.56 Å². The van der Waals surface area contributed by atoms with E-state index in [1.807, 2.05) is 0 Å². The number of halogens is 2. The van der Waals surface area contributed by atoms with Crippen LogP contribution in [-0.2, 0) is 6.54 Å². The van der Waals surface area contributed by atoms with Gasteiger partial charge in [-0.1, -0.05) is 11.2 Å². The van der Waals surface area contributed by atoms with Gasteiger partial charge in [-0.15, -0.1) is 0 Å². The van der Waals surface area contributed by atoms with Gasteiger partial charge in [0, 0.05) is 0 Å². The van der Waals surface area contributed by atoms with Crippen LogP contribution in [-0.4, -0.2) is 20.0 Å². The topological polar surface area (TPSA) is 81.1 Å². The summed E-state index contributed by atoms with van der Waals surface area (Å²) in [5, 5.41) is 18.3. The Bertz CT molecular complexity index is 929. The lowest BCUT2D eigenvalue weighted by molar-refractivity contribution is 0.140. The summed E-state index contributed by atoms with van der Waals surface area (Å²) in [6.45, 7) is 2.90. The normalized spacial score (nSPS) is 12.7. The van der Waals surface area contributed by atoms with Crippen LogP contribution in [0.3, 0.4) is 0 Å². The molecule has 6 nitrogen and oxygen atoms in total. The summed E-state index contributed by atoms with van der Waals surface area (Å²) in [4.78, 5) is 12.3. The summed E-state index contributed by atoms with van der Waals surface area (Å²) in [5.41, 5.74) is -0.565. The Morgan fingerprint density at radius 3 is 2.61 bits per heavy atom. The van der Waals surface area contributed by atoms with Crippen LogP contribution in [0.25, 0.3) is 10.9 Å². The Morgan fingerprint density at radius 1 is 1.30 bits per heavy atom. The van der Waals surface area contributed by atoms with Gasteiger partial charge >= 0.3 is 0 Å². The zero-order valence-corrected chi connectivity index (χ0v) is 12.4. The van der Waals surface area contributed by atoms with Gasteiger partial charge < -0.3 is 9.63 Å². The van der Waals surface area contributed by atoms with Gasteiger partial charge in [-0.05, 0) is 26.0 Å². The zero-order chi connectivity index (χ0) is 16.7. The summed E-state index contributed by atoms with van der Waals surface area (Å²) in [5.74, 6) is -1.32. The molecule has 1 unspecified atom stereocenters. The predicted octanol–water partition coefficient (Wildman–Crippen LogP) is 2.01. The predicted molar refractivity (Wildman–Crippen MR) is 76.9 cm³/mol. The molecule has 0 radical (unpaired) electrons. The van der Waals surface area contributed by atoms with Crippen molar-refractivity contribution in [2.75, 3.05) is 0 Å². The number of hydrogen-bond donors (Lipinski definition) is 1. The van der Waals surface area contributed by atoms with Crippen LogP contribution in [0.4, 0.5) is 8.78 Å². The minimum absolute atomic E-state index is 0.0659. The van der Waals surface area contributed by atoms with Crippen molar-refractivity contribution in [2.45, 2.75) is 26.5 Å². The summed E-state index contributed by atoms with van der Waals surface area (Å²) < 4.78 is 33.3. The molecule has 8 heteroatoms. The van der Waals surface area contributed by atoms with E-state index in [2.05, 4.69) is 10.3 Å². The van der Waals surface area contributed by atoms with Crippen molar-refractivity contribution in [3.05, 3.63) is 57.2 Å². The van der Waals surface area contributed by atoms with Gasteiger partial charge in [-0.3, -0.25) is 4.79 Å². The highest BCUT2D eigenvalue weighted by Crippen LogP contribution is 2.22. The average Bonchev–Trinajstić information content (AvgIpc) is 2.87. The monoisotopic (exact) mass is 321 g/mol.